The summed E-state index contributed by atoms with van der Waals surface area (Å²) in [5.74, 6) is 1.00. The maximum Gasteiger partial charge on any atom is 0.306 e. The van der Waals surface area contributed by atoms with Gasteiger partial charge in [-0.1, -0.05) is 0 Å². The fourth-order valence-electron chi connectivity index (χ4n) is 3.13. The number of hydrogen-bond donors (Lipinski definition) is 0. The van der Waals surface area contributed by atoms with Crippen molar-refractivity contribution in [2.45, 2.75) is 77.6 Å². The molecule has 1 fully saturated rings. The Labute approximate surface area is 187 Å². The van der Waals surface area contributed by atoms with E-state index in [1.165, 1.54) is 0 Å². The van der Waals surface area contributed by atoms with Crippen molar-refractivity contribution in [3.8, 4) is 17.1 Å². The molecule has 0 aliphatic heterocycles. The third kappa shape index (κ3) is 6.14. The van der Waals surface area contributed by atoms with Gasteiger partial charge in [-0.3, -0.25) is 4.79 Å². The lowest BCUT2D eigenvalue weighted by molar-refractivity contribution is -0.154. The first-order valence-corrected chi connectivity index (χ1v) is 10.9. The number of aromatic nitrogens is 3. The first kappa shape index (κ1) is 23.9. The molecular formula is C24H31F2N3O3. The minimum absolute atomic E-state index is 0.00803. The highest BCUT2D eigenvalue weighted by Gasteiger charge is 2.50. The van der Waals surface area contributed by atoms with Gasteiger partial charge >= 0.3 is 5.97 Å². The van der Waals surface area contributed by atoms with Gasteiger partial charge < -0.3 is 9.47 Å². The second kappa shape index (κ2) is 9.38. The molecule has 0 bridgehead atoms. The minimum atomic E-state index is -1.37. The molecule has 0 amide bonds. The lowest BCUT2D eigenvalue weighted by Gasteiger charge is -2.19. The highest BCUT2D eigenvalue weighted by Crippen LogP contribution is 2.49. The summed E-state index contributed by atoms with van der Waals surface area (Å²) in [6.45, 7) is 9.28. The Balaban J connectivity index is 1.59. The SMILES string of the molecule is CC(C)n1nc(-c2ccc(OC/C(=C/F)CCC(=O)OC(C)(C)C)cc2)nc1C1(F)CC1. The van der Waals surface area contributed by atoms with Crippen molar-refractivity contribution >= 4 is 5.97 Å². The normalized spacial score (nSPS) is 15.7. The number of nitrogens with zero attached hydrogens (tertiary/aromatic N) is 3. The molecule has 1 aromatic carbocycles. The van der Waals surface area contributed by atoms with Gasteiger partial charge in [-0.25, -0.2) is 18.4 Å². The zero-order valence-electron chi connectivity index (χ0n) is 19.3. The summed E-state index contributed by atoms with van der Waals surface area (Å²) in [6.07, 6.45) is 1.71. The lowest BCUT2D eigenvalue weighted by atomic mass is 10.1. The van der Waals surface area contributed by atoms with Crippen LogP contribution in [0.15, 0.2) is 36.2 Å². The molecule has 0 unspecified atom stereocenters. The zero-order chi connectivity index (χ0) is 23.5. The Morgan fingerprint density at radius 1 is 1.22 bits per heavy atom. The molecule has 0 radical (unpaired) electrons. The van der Waals surface area contributed by atoms with Crippen LogP contribution in [0.25, 0.3) is 11.4 Å². The predicted octanol–water partition coefficient (Wildman–Crippen LogP) is 5.84. The second-order valence-corrected chi connectivity index (χ2v) is 9.43. The minimum Gasteiger partial charge on any atom is -0.489 e. The smallest absolute Gasteiger partial charge is 0.306 e. The first-order chi connectivity index (χ1) is 15.0. The van der Waals surface area contributed by atoms with Crippen LogP contribution in [0.1, 0.15) is 72.2 Å². The molecule has 0 N–H and O–H groups in total. The van der Waals surface area contributed by atoms with E-state index in [1.807, 2.05) is 13.8 Å². The second-order valence-electron chi connectivity index (χ2n) is 9.43. The molecule has 1 aliphatic carbocycles. The van der Waals surface area contributed by atoms with Crippen LogP contribution in [-0.2, 0) is 15.2 Å². The number of halogens is 2. The number of benzene rings is 1. The molecule has 1 aliphatic rings. The average Bonchev–Trinajstić information content (AvgIpc) is 3.29. The van der Waals surface area contributed by atoms with Crippen molar-refractivity contribution in [2.24, 2.45) is 0 Å². The van der Waals surface area contributed by atoms with E-state index in [1.54, 1.807) is 49.7 Å². The van der Waals surface area contributed by atoms with Crippen molar-refractivity contribution in [2.75, 3.05) is 6.61 Å². The van der Waals surface area contributed by atoms with Crippen molar-refractivity contribution in [1.29, 1.82) is 0 Å². The van der Waals surface area contributed by atoms with Crippen LogP contribution in [0.4, 0.5) is 8.78 Å². The van der Waals surface area contributed by atoms with Crippen LogP contribution in [-0.4, -0.2) is 32.9 Å². The van der Waals surface area contributed by atoms with Gasteiger partial charge in [0.1, 0.15) is 18.0 Å². The Kier molecular flexibility index (Phi) is 7.00. The molecule has 1 aromatic heterocycles. The summed E-state index contributed by atoms with van der Waals surface area (Å²) >= 11 is 0. The molecular weight excluding hydrogens is 416 g/mol. The van der Waals surface area contributed by atoms with Crippen molar-refractivity contribution in [3.05, 3.63) is 42.0 Å². The van der Waals surface area contributed by atoms with E-state index in [2.05, 4.69) is 10.1 Å². The van der Waals surface area contributed by atoms with Crippen LogP contribution < -0.4 is 4.74 Å². The number of rotatable bonds is 9. The fraction of sp³-hybridized carbons (Fsp3) is 0.542. The Bertz CT molecular complexity index is 971. The summed E-state index contributed by atoms with van der Waals surface area (Å²) in [7, 11) is 0. The van der Waals surface area contributed by atoms with Crippen LogP contribution in [0.3, 0.4) is 0 Å². The number of hydrogen-bond acceptors (Lipinski definition) is 5. The summed E-state index contributed by atoms with van der Waals surface area (Å²) in [6, 6.07) is 7.05. The quantitative estimate of drug-likeness (QED) is 0.452. The third-order valence-electron chi connectivity index (χ3n) is 4.97. The number of carbonyl (C=O) groups is 1. The van der Waals surface area contributed by atoms with E-state index < -0.39 is 11.3 Å². The van der Waals surface area contributed by atoms with Gasteiger partial charge in [0.15, 0.2) is 17.3 Å². The number of ether oxygens (including phenoxy) is 2. The van der Waals surface area contributed by atoms with E-state index in [-0.39, 0.29) is 31.5 Å². The van der Waals surface area contributed by atoms with Crippen LogP contribution in [0.5, 0.6) is 5.75 Å². The Hall–Kier alpha value is -2.77. The molecule has 3 rings (SSSR count). The number of esters is 1. The molecule has 2 aromatic rings. The molecule has 174 valence electrons. The maximum atomic E-state index is 14.6. The van der Waals surface area contributed by atoms with E-state index >= 15 is 0 Å². The molecule has 1 saturated carbocycles. The summed E-state index contributed by atoms with van der Waals surface area (Å²) in [5, 5.41) is 4.49. The topological polar surface area (TPSA) is 66.2 Å². The molecule has 32 heavy (non-hydrogen) atoms. The predicted molar refractivity (Wildman–Crippen MR) is 118 cm³/mol. The van der Waals surface area contributed by atoms with Crippen molar-refractivity contribution in [3.63, 3.8) is 0 Å². The van der Waals surface area contributed by atoms with E-state index in [4.69, 9.17) is 9.47 Å². The fourth-order valence-corrected chi connectivity index (χ4v) is 3.13. The molecule has 0 atom stereocenters. The number of carbonyl (C=O) groups excluding carboxylic acids is 1. The van der Waals surface area contributed by atoms with Crippen LogP contribution in [0.2, 0.25) is 0 Å². The number of alkyl halides is 1. The molecule has 1 heterocycles. The van der Waals surface area contributed by atoms with Gasteiger partial charge in [0.2, 0.25) is 0 Å². The summed E-state index contributed by atoms with van der Waals surface area (Å²) in [5.41, 5.74) is -0.834. The Morgan fingerprint density at radius 3 is 2.41 bits per heavy atom. The zero-order valence-corrected chi connectivity index (χ0v) is 19.3. The summed E-state index contributed by atoms with van der Waals surface area (Å²) in [4.78, 5) is 16.3. The molecule has 6 nitrogen and oxygen atoms in total. The van der Waals surface area contributed by atoms with Gasteiger partial charge in [-0.2, -0.15) is 5.10 Å². The van der Waals surface area contributed by atoms with Crippen LogP contribution in [0, 0.1) is 0 Å². The third-order valence-corrected chi connectivity index (χ3v) is 4.97. The first-order valence-electron chi connectivity index (χ1n) is 10.9. The monoisotopic (exact) mass is 447 g/mol. The van der Waals surface area contributed by atoms with Crippen molar-refractivity contribution < 1.29 is 23.0 Å². The standard InChI is InChI=1S/C24H31F2N3O3/c1-16(2)29-22(24(26)12-13-24)27-21(28-29)18-7-9-19(10-8-18)31-15-17(14-25)6-11-20(30)32-23(3,4)5/h7-10,14,16H,6,11-13,15H2,1-5H3/b17-14+. The van der Waals surface area contributed by atoms with E-state index in [0.29, 0.717) is 42.1 Å². The van der Waals surface area contributed by atoms with E-state index in [9.17, 15) is 13.6 Å². The highest BCUT2D eigenvalue weighted by atomic mass is 19.1. The average molecular weight is 448 g/mol. The molecule has 8 heteroatoms. The molecule has 0 saturated heterocycles. The molecule has 0 spiro atoms. The van der Waals surface area contributed by atoms with E-state index in [0.717, 1.165) is 5.56 Å². The highest BCUT2D eigenvalue weighted by molar-refractivity contribution is 5.70. The maximum absolute atomic E-state index is 14.6. The van der Waals surface area contributed by atoms with Gasteiger partial charge in [0, 0.05) is 18.0 Å². The van der Waals surface area contributed by atoms with Gasteiger partial charge in [0.25, 0.3) is 0 Å². The van der Waals surface area contributed by atoms with Gasteiger partial charge in [-0.15, -0.1) is 0 Å². The van der Waals surface area contributed by atoms with Crippen molar-refractivity contribution in [1.82, 2.24) is 14.8 Å². The summed E-state index contributed by atoms with van der Waals surface area (Å²) < 4.78 is 40.4. The van der Waals surface area contributed by atoms with Crippen LogP contribution >= 0.6 is 0 Å². The lowest BCUT2D eigenvalue weighted by Crippen LogP contribution is -2.23. The Morgan fingerprint density at radius 2 is 1.88 bits per heavy atom. The largest absolute Gasteiger partial charge is 0.489 e. The van der Waals surface area contributed by atoms with Gasteiger partial charge in [0.05, 0.1) is 6.33 Å². The van der Waals surface area contributed by atoms with Gasteiger partial charge in [-0.05, 0) is 83.7 Å².